The third kappa shape index (κ3) is 6.33. The van der Waals surface area contributed by atoms with E-state index in [2.05, 4.69) is 15.6 Å². The van der Waals surface area contributed by atoms with Crippen LogP contribution in [0.4, 0.5) is 10.5 Å². The van der Waals surface area contributed by atoms with Gasteiger partial charge in [0.05, 0.1) is 0 Å². The molecule has 4 rings (SSSR count). The summed E-state index contributed by atoms with van der Waals surface area (Å²) >= 11 is 11.9. The Morgan fingerprint density at radius 2 is 1.82 bits per heavy atom. The zero-order valence-electron chi connectivity index (χ0n) is 20.6. The first-order valence-electron chi connectivity index (χ1n) is 11.8. The average molecular weight is 574 g/mol. The van der Waals surface area contributed by atoms with Gasteiger partial charge >= 0.3 is 6.03 Å². The molecule has 39 heavy (non-hydrogen) atoms. The zero-order chi connectivity index (χ0) is 28.2. The molecule has 1 fully saturated rings. The number of ether oxygens (including phenoxy) is 1. The van der Waals surface area contributed by atoms with Crippen LogP contribution in [0.15, 0.2) is 60.7 Å². The number of aromatic hydroxyl groups is 1. The molecular weight excluding hydrogens is 549 g/mol. The van der Waals surface area contributed by atoms with E-state index in [1.807, 2.05) is 0 Å². The topological polar surface area (TPSA) is 153 Å². The van der Waals surface area contributed by atoms with Gasteiger partial charge in [0.15, 0.2) is 0 Å². The molecule has 2 atom stereocenters. The lowest BCUT2D eigenvalue weighted by Gasteiger charge is -2.31. The molecule has 1 aromatic heterocycles. The van der Waals surface area contributed by atoms with Crippen molar-refractivity contribution in [2.45, 2.75) is 31.5 Å². The number of phenols is 1. The van der Waals surface area contributed by atoms with E-state index in [1.54, 1.807) is 54.0 Å². The summed E-state index contributed by atoms with van der Waals surface area (Å²) in [4.78, 5) is 43.9. The van der Waals surface area contributed by atoms with Crippen molar-refractivity contribution in [2.24, 2.45) is 0 Å². The minimum Gasteiger partial charge on any atom is -0.508 e. The fraction of sp³-hybridized carbons (Fsp3) is 0.231. The Labute approximate surface area is 233 Å². The highest BCUT2D eigenvalue weighted by molar-refractivity contribution is 6.32. The van der Waals surface area contributed by atoms with Gasteiger partial charge < -0.3 is 25.4 Å². The zero-order valence-corrected chi connectivity index (χ0v) is 22.2. The Morgan fingerprint density at radius 3 is 2.46 bits per heavy atom. The Balaban J connectivity index is 1.58. The summed E-state index contributed by atoms with van der Waals surface area (Å²) in [5.74, 6) is -0.846. The first kappa shape index (κ1) is 28.0. The number of hydrogen-bond acceptors (Lipinski definition) is 7. The highest BCUT2D eigenvalue weighted by atomic mass is 35.5. The number of urea groups is 1. The summed E-state index contributed by atoms with van der Waals surface area (Å²) in [7, 11) is 0. The molecule has 11 nitrogen and oxygen atoms in total. The minimum absolute atomic E-state index is 0.0404. The van der Waals surface area contributed by atoms with Crippen LogP contribution >= 0.6 is 23.2 Å². The van der Waals surface area contributed by atoms with Crippen LogP contribution in [0.3, 0.4) is 0 Å². The molecular formula is C26H25Cl2N5O6. The smallest absolute Gasteiger partial charge is 0.320 e. The van der Waals surface area contributed by atoms with E-state index in [0.29, 0.717) is 22.6 Å². The molecule has 0 saturated carbocycles. The number of anilines is 1. The van der Waals surface area contributed by atoms with Gasteiger partial charge in [0.25, 0.3) is 11.8 Å². The number of pyridine rings is 1. The second kappa shape index (κ2) is 11.8. The third-order valence-electron chi connectivity index (χ3n) is 6.32. The fourth-order valence-corrected chi connectivity index (χ4v) is 4.85. The first-order valence-corrected chi connectivity index (χ1v) is 12.6. The molecule has 1 unspecified atom stereocenters. The summed E-state index contributed by atoms with van der Waals surface area (Å²) < 4.78 is 5.81. The van der Waals surface area contributed by atoms with Crippen LogP contribution in [0.1, 0.15) is 24.5 Å². The minimum atomic E-state index is -1.52. The Kier molecular flexibility index (Phi) is 8.44. The molecule has 2 aromatic carbocycles. The van der Waals surface area contributed by atoms with Crippen LogP contribution in [0, 0.1) is 0 Å². The molecule has 0 aliphatic carbocycles. The van der Waals surface area contributed by atoms with Crippen molar-refractivity contribution in [3.05, 3.63) is 82.1 Å². The highest BCUT2D eigenvalue weighted by Gasteiger charge is 2.51. The number of benzene rings is 2. The van der Waals surface area contributed by atoms with Crippen molar-refractivity contribution in [1.29, 1.82) is 0 Å². The quantitative estimate of drug-likeness (QED) is 0.156. The molecule has 2 heterocycles. The van der Waals surface area contributed by atoms with E-state index in [1.165, 1.54) is 24.0 Å². The van der Waals surface area contributed by atoms with Gasteiger partial charge in [-0.2, -0.15) is 0 Å². The number of rotatable bonds is 8. The highest BCUT2D eigenvalue weighted by Crippen LogP contribution is 2.36. The van der Waals surface area contributed by atoms with Crippen LogP contribution in [0.5, 0.6) is 11.5 Å². The summed E-state index contributed by atoms with van der Waals surface area (Å²) in [5.41, 5.74) is 1.53. The number of likely N-dealkylation sites (tertiary alicyclic amines) is 1. The van der Waals surface area contributed by atoms with E-state index in [4.69, 9.17) is 33.1 Å². The van der Waals surface area contributed by atoms with Gasteiger partial charge in [-0.1, -0.05) is 41.4 Å². The monoisotopic (exact) mass is 573 g/mol. The van der Waals surface area contributed by atoms with Crippen LogP contribution < -0.4 is 20.9 Å². The van der Waals surface area contributed by atoms with Gasteiger partial charge in [-0.25, -0.2) is 15.3 Å². The first-order chi connectivity index (χ1) is 18.6. The average Bonchev–Trinajstić information content (AvgIpc) is 3.22. The van der Waals surface area contributed by atoms with Crippen LogP contribution in [-0.2, 0) is 21.7 Å². The van der Waals surface area contributed by atoms with Crippen LogP contribution in [0.2, 0.25) is 10.3 Å². The second-order valence-electron chi connectivity index (χ2n) is 8.87. The molecule has 1 aliphatic heterocycles. The van der Waals surface area contributed by atoms with Gasteiger partial charge in [-0.15, -0.1) is 0 Å². The molecule has 1 aliphatic rings. The van der Waals surface area contributed by atoms with E-state index < -0.39 is 29.4 Å². The van der Waals surface area contributed by atoms with Crippen molar-refractivity contribution in [2.75, 3.05) is 11.9 Å². The third-order valence-corrected chi connectivity index (χ3v) is 6.70. The number of phenolic OH excluding ortho intramolecular Hbond substituents is 1. The number of nitrogens with one attached hydrogen (secondary N) is 3. The maximum atomic E-state index is 13.7. The molecule has 4 amide bonds. The number of amides is 4. The molecule has 3 aromatic rings. The van der Waals surface area contributed by atoms with Crippen molar-refractivity contribution in [3.63, 3.8) is 0 Å². The summed E-state index contributed by atoms with van der Waals surface area (Å²) in [6.07, 6.45) is 0.149. The number of hydroxylamine groups is 1. The maximum Gasteiger partial charge on any atom is 0.320 e. The van der Waals surface area contributed by atoms with E-state index in [-0.39, 0.29) is 35.6 Å². The van der Waals surface area contributed by atoms with Crippen LogP contribution in [0.25, 0.3) is 0 Å². The number of nitrogens with zero attached hydrogens (tertiary/aromatic N) is 2. The lowest BCUT2D eigenvalue weighted by atomic mass is 9.88. The molecule has 5 N–H and O–H groups in total. The van der Waals surface area contributed by atoms with E-state index >= 15 is 0 Å². The Morgan fingerprint density at radius 1 is 1.13 bits per heavy atom. The summed E-state index contributed by atoms with van der Waals surface area (Å²) in [6.45, 7) is 1.78. The molecule has 204 valence electrons. The van der Waals surface area contributed by atoms with E-state index in [9.17, 15) is 19.5 Å². The van der Waals surface area contributed by atoms with Gasteiger partial charge in [-0.05, 0) is 54.4 Å². The number of carbonyl (C=O) groups excluding carboxylic acids is 3. The second-order valence-corrected chi connectivity index (χ2v) is 9.64. The lowest BCUT2D eigenvalue weighted by Crippen LogP contribution is -2.55. The standard InChI is InChI=1S/C26H25Cl2N5O6/c1-15(23(35)32-38)33-10-9-26(24(33)36,31-25(37)29-18-3-2-4-19(34)13-18)17-5-7-20(8-6-17)39-14-16-11-21(27)30-22(28)12-16/h2-8,11-13,15,34,38H,9-10,14H2,1H3,(H,32,35)(H2,29,31,37)/t15?,26-/m1/s1. The molecule has 1 saturated heterocycles. The molecule has 0 bridgehead atoms. The molecule has 13 heteroatoms. The Bertz CT molecular complexity index is 1370. The molecule has 0 spiro atoms. The predicted octanol–water partition coefficient (Wildman–Crippen LogP) is 3.82. The van der Waals surface area contributed by atoms with E-state index in [0.717, 1.165) is 0 Å². The fourth-order valence-electron chi connectivity index (χ4n) is 4.34. The SMILES string of the molecule is CC(C(=O)NO)N1CC[C@@](NC(=O)Nc2cccc(O)c2)(c2ccc(OCc3cc(Cl)nc(Cl)c3)cc2)C1=O. The lowest BCUT2D eigenvalue weighted by molar-refractivity contribution is -0.143. The molecule has 0 radical (unpaired) electrons. The predicted molar refractivity (Wildman–Crippen MR) is 143 cm³/mol. The largest absolute Gasteiger partial charge is 0.508 e. The summed E-state index contributed by atoms with van der Waals surface area (Å²) in [5, 5.41) is 24.6. The van der Waals surface area contributed by atoms with Gasteiger partial charge in [0, 0.05) is 24.7 Å². The van der Waals surface area contributed by atoms with Gasteiger partial charge in [0.1, 0.15) is 40.0 Å². The van der Waals surface area contributed by atoms with Crippen molar-refractivity contribution >= 4 is 46.7 Å². The van der Waals surface area contributed by atoms with Crippen molar-refractivity contribution in [3.8, 4) is 11.5 Å². The van der Waals surface area contributed by atoms with Crippen LogP contribution in [-0.4, -0.2) is 50.6 Å². The Hall–Kier alpha value is -4.06. The maximum absolute atomic E-state index is 13.7. The van der Waals surface area contributed by atoms with Gasteiger partial charge in [-0.3, -0.25) is 14.8 Å². The van der Waals surface area contributed by atoms with Crippen molar-refractivity contribution < 1.29 is 29.4 Å². The summed E-state index contributed by atoms with van der Waals surface area (Å²) in [6, 6.07) is 14.1. The number of halogens is 2. The van der Waals surface area contributed by atoms with Crippen molar-refractivity contribution in [1.82, 2.24) is 20.7 Å². The number of aromatic nitrogens is 1. The number of hydrogen-bond donors (Lipinski definition) is 5. The number of carbonyl (C=O) groups is 3. The normalized spacial score (nSPS) is 17.4. The van der Waals surface area contributed by atoms with Gasteiger partial charge in [0.2, 0.25) is 0 Å².